The van der Waals surface area contributed by atoms with E-state index in [0.717, 1.165) is 0 Å². The molecule has 1 amide bonds. The van der Waals surface area contributed by atoms with E-state index in [9.17, 15) is 22.0 Å². The molecule has 10 heteroatoms. The molecule has 1 N–H and O–H groups in total. The summed E-state index contributed by atoms with van der Waals surface area (Å²) in [4.78, 5) is 14.6. The van der Waals surface area contributed by atoms with Gasteiger partial charge in [0.15, 0.2) is 0 Å². The Balaban J connectivity index is 1.16. The van der Waals surface area contributed by atoms with Crippen molar-refractivity contribution in [2.75, 3.05) is 49.6 Å². The first-order valence-corrected chi connectivity index (χ1v) is 12.6. The van der Waals surface area contributed by atoms with Crippen LogP contribution in [-0.4, -0.2) is 58.0 Å². The molecule has 2 aromatic carbocycles. The average Bonchev–Trinajstić information content (AvgIpc) is 3.29. The van der Waals surface area contributed by atoms with Gasteiger partial charge >= 0.3 is 0 Å². The summed E-state index contributed by atoms with van der Waals surface area (Å²) in [5, 5.41) is 2.78. The molecule has 2 aliphatic heterocycles. The number of carbonyl (C=O) groups excluding carboxylic acids is 1. The maximum absolute atomic E-state index is 14.6. The van der Waals surface area contributed by atoms with Gasteiger partial charge in [-0.05, 0) is 47.7 Å². The minimum Gasteiger partial charge on any atom is -0.378 e. The molecule has 1 aliphatic carbocycles. The number of nitrogens with zero attached hydrogens (tertiary/aromatic N) is 2. The van der Waals surface area contributed by atoms with Gasteiger partial charge < -0.3 is 15.0 Å². The van der Waals surface area contributed by atoms with Crippen molar-refractivity contribution >= 4 is 27.3 Å². The number of carbonyl (C=O) groups is 1. The number of ether oxygens (including phenoxy) is 1. The predicted molar refractivity (Wildman–Crippen MR) is 119 cm³/mol. The Hall–Kier alpha value is -2.56. The lowest BCUT2D eigenvalue weighted by molar-refractivity contribution is -0.118. The topological polar surface area (TPSA) is 79.0 Å². The number of rotatable bonds is 6. The number of hydrogen-bond acceptors (Lipinski definition) is 5. The fourth-order valence-electron chi connectivity index (χ4n) is 4.86. The van der Waals surface area contributed by atoms with Crippen LogP contribution in [0.2, 0.25) is 0 Å². The summed E-state index contributed by atoms with van der Waals surface area (Å²) in [7, 11) is -3.54. The molecule has 2 heterocycles. The first-order chi connectivity index (χ1) is 15.8. The number of amides is 1. The van der Waals surface area contributed by atoms with Crippen molar-refractivity contribution in [1.29, 1.82) is 0 Å². The van der Waals surface area contributed by atoms with Gasteiger partial charge in [0.1, 0.15) is 11.6 Å². The molecule has 0 spiro atoms. The number of benzene rings is 2. The number of halogens is 2. The highest BCUT2D eigenvalue weighted by molar-refractivity contribution is 7.88. The zero-order chi connectivity index (χ0) is 23.2. The standard InChI is InChI=1S/C23H25F2N3O4S/c24-16-3-1-15(2-4-16)14-33(30,31)28-12-18-19(13-28)22(18)23(29)26-17-5-6-21(20(25)11-17)27-7-9-32-10-8-27/h1-6,11,18-19,22H,7-10,12-14H2,(H,26,29). The van der Waals surface area contributed by atoms with Crippen LogP contribution in [0.25, 0.3) is 0 Å². The van der Waals surface area contributed by atoms with Crippen LogP contribution in [0, 0.1) is 29.4 Å². The Labute approximate surface area is 191 Å². The summed E-state index contributed by atoms with van der Waals surface area (Å²) in [6.07, 6.45) is 0. The van der Waals surface area contributed by atoms with E-state index in [1.165, 1.54) is 34.6 Å². The molecule has 3 aliphatic rings. The van der Waals surface area contributed by atoms with Gasteiger partial charge in [-0.2, -0.15) is 0 Å². The van der Waals surface area contributed by atoms with Crippen LogP contribution in [0.3, 0.4) is 0 Å². The first kappa shape index (κ1) is 22.2. The molecule has 176 valence electrons. The predicted octanol–water partition coefficient (Wildman–Crippen LogP) is 2.45. The van der Waals surface area contributed by atoms with Crippen molar-refractivity contribution in [1.82, 2.24) is 4.31 Å². The number of sulfonamides is 1. The Kier molecular flexibility index (Phi) is 5.84. The Morgan fingerprint density at radius 1 is 1.03 bits per heavy atom. The third-order valence-electron chi connectivity index (χ3n) is 6.69. The monoisotopic (exact) mass is 477 g/mol. The lowest BCUT2D eigenvalue weighted by Crippen LogP contribution is -2.36. The van der Waals surface area contributed by atoms with Crippen molar-refractivity contribution in [3.63, 3.8) is 0 Å². The number of morpholine rings is 1. The van der Waals surface area contributed by atoms with E-state index in [0.29, 0.717) is 43.2 Å². The van der Waals surface area contributed by atoms with Gasteiger partial charge in [-0.3, -0.25) is 4.79 Å². The summed E-state index contributed by atoms with van der Waals surface area (Å²) in [5.41, 5.74) is 1.40. The van der Waals surface area contributed by atoms with E-state index < -0.39 is 21.7 Å². The summed E-state index contributed by atoms with van der Waals surface area (Å²) in [6.45, 7) is 2.93. The number of hydrogen-bond donors (Lipinski definition) is 1. The van der Waals surface area contributed by atoms with Crippen LogP contribution in [0.5, 0.6) is 0 Å². The third-order valence-corrected chi connectivity index (χ3v) is 8.47. The molecule has 33 heavy (non-hydrogen) atoms. The van der Waals surface area contributed by atoms with E-state index in [-0.39, 0.29) is 42.5 Å². The van der Waals surface area contributed by atoms with Gasteiger partial charge in [0, 0.05) is 37.8 Å². The van der Waals surface area contributed by atoms with Crippen LogP contribution >= 0.6 is 0 Å². The molecule has 7 nitrogen and oxygen atoms in total. The van der Waals surface area contributed by atoms with Crippen molar-refractivity contribution < 1.29 is 26.7 Å². The second-order valence-electron chi connectivity index (χ2n) is 8.81. The molecule has 3 fully saturated rings. The van der Waals surface area contributed by atoms with Gasteiger partial charge in [-0.15, -0.1) is 0 Å². The van der Waals surface area contributed by atoms with Crippen LogP contribution in [0.15, 0.2) is 42.5 Å². The molecular formula is C23H25F2N3O4S. The second-order valence-corrected chi connectivity index (χ2v) is 10.8. The Morgan fingerprint density at radius 3 is 2.33 bits per heavy atom. The lowest BCUT2D eigenvalue weighted by atomic mass is 10.2. The second kappa shape index (κ2) is 8.66. The minimum atomic E-state index is -3.54. The zero-order valence-electron chi connectivity index (χ0n) is 17.9. The summed E-state index contributed by atoms with van der Waals surface area (Å²) in [5.74, 6) is -1.57. The highest BCUT2D eigenvalue weighted by Gasteiger charge is 2.61. The molecule has 0 radical (unpaired) electrons. The van der Waals surface area contributed by atoms with Crippen LogP contribution in [0.4, 0.5) is 20.2 Å². The molecule has 1 saturated carbocycles. The highest BCUT2D eigenvalue weighted by atomic mass is 32.2. The fraction of sp³-hybridized carbons (Fsp3) is 0.435. The SMILES string of the molecule is O=C(Nc1ccc(N2CCOCC2)c(F)c1)C1C2CN(S(=O)(=O)Cc3ccc(F)cc3)CC21. The van der Waals surface area contributed by atoms with E-state index >= 15 is 0 Å². The molecule has 2 unspecified atom stereocenters. The van der Waals surface area contributed by atoms with Crippen LogP contribution in [-0.2, 0) is 25.3 Å². The number of nitrogens with one attached hydrogen (secondary N) is 1. The molecule has 0 bridgehead atoms. The zero-order valence-corrected chi connectivity index (χ0v) is 18.7. The molecule has 2 saturated heterocycles. The lowest BCUT2D eigenvalue weighted by Gasteiger charge is -2.29. The van der Waals surface area contributed by atoms with E-state index in [1.54, 1.807) is 12.1 Å². The van der Waals surface area contributed by atoms with Crippen molar-refractivity contribution in [2.24, 2.45) is 17.8 Å². The maximum atomic E-state index is 14.6. The first-order valence-electron chi connectivity index (χ1n) is 11.0. The number of fused-ring (bicyclic) bond motifs is 1. The maximum Gasteiger partial charge on any atom is 0.228 e. The number of piperidine rings is 1. The summed E-state index contributed by atoms with van der Waals surface area (Å²) >= 11 is 0. The Bertz CT molecular complexity index is 1140. The van der Waals surface area contributed by atoms with Crippen molar-refractivity contribution in [3.8, 4) is 0 Å². The largest absolute Gasteiger partial charge is 0.378 e. The van der Waals surface area contributed by atoms with E-state index in [4.69, 9.17) is 4.74 Å². The third kappa shape index (κ3) is 4.60. The quantitative estimate of drug-likeness (QED) is 0.692. The molecular weight excluding hydrogens is 452 g/mol. The molecule has 2 aromatic rings. The van der Waals surface area contributed by atoms with Gasteiger partial charge in [0.05, 0.1) is 24.7 Å². The van der Waals surface area contributed by atoms with Gasteiger partial charge in [0.25, 0.3) is 0 Å². The van der Waals surface area contributed by atoms with Gasteiger partial charge in [0.2, 0.25) is 15.9 Å². The molecule has 0 aromatic heterocycles. The Morgan fingerprint density at radius 2 is 1.70 bits per heavy atom. The smallest absolute Gasteiger partial charge is 0.228 e. The average molecular weight is 478 g/mol. The van der Waals surface area contributed by atoms with Crippen molar-refractivity contribution in [3.05, 3.63) is 59.7 Å². The summed E-state index contributed by atoms with van der Waals surface area (Å²) in [6, 6.07) is 10.1. The molecule has 5 rings (SSSR count). The van der Waals surface area contributed by atoms with Gasteiger partial charge in [-0.25, -0.2) is 21.5 Å². The van der Waals surface area contributed by atoms with E-state index in [2.05, 4.69) is 5.32 Å². The van der Waals surface area contributed by atoms with E-state index in [1.807, 2.05) is 4.90 Å². The highest BCUT2D eigenvalue weighted by Crippen LogP contribution is 2.53. The van der Waals surface area contributed by atoms with Crippen LogP contribution in [0.1, 0.15) is 5.56 Å². The summed E-state index contributed by atoms with van der Waals surface area (Å²) < 4.78 is 59.7. The normalized spacial score (nSPS) is 25.0. The van der Waals surface area contributed by atoms with Gasteiger partial charge in [-0.1, -0.05) is 12.1 Å². The number of anilines is 2. The fourth-order valence-corrected chi connectivity index (χ4v) is 6.45. The minimum absolute atomic E-state index is 0.0366. The van der Waals surface area contributed by atoms with Crippen molar-refractivity contribution in [2.45, 2.75) is 5.75 Å². The van der Waals surface area contributed by atoms with Crippen LogP contribution < -0.4 is 10.2 Å². The molecule has 2 atom stereocenters.